The largest absolute Gasteiger partial charge is 0.351 e. The first-order valence-corrected chi connectivity index (χ1v) is 6.34. The summed E-state index contributed by atoms with van der Waals surface area (Å²) in [4.78, 5) is 20.3. The second-order valence-electron chi connectivity index (χ2n) is 4.40. The van der Waals surface area contributed by atoms with Gasteiger partial charge in [0, 0.05) is 23.5 Å². The van der Waals surface area contributed by atoms with Crippen molar-refractivity contribution in [3.05, 3.63) is 60.4 Å². The molecule has 0 radical (unpaired) electrons. The summed E-state index contributed by atoms with van der Waals surface area (Å²) in [6.07, 6.45) is 3.13. The summed E-state index contributed by atoms with van der Waals surface area (Å²) >= 11 is 0. The van der Waals surface area contributed by atoms with E-state index < -0.39 is 0 Å². The number of aromatic nitrogens is 3. The highest BCUT2D eigenvalue weighted by atomic mass is 16.5. The van der Waals surface area contributed by atoms with Crippen molar-refractivity contribution < 1.29 is 9.32 Å². The maximum absolute atomic E-state index is 11.9. The van der Waals surface area contributed by atoms with Crippen molar-refractivity contribution in [1.29, 1.82) is 0 Å². The summed E-state index contributed by atoms with van der Waals surface area (Å²) < 4.78 is 4.82. The number of anilines is 1. The second-order valence-corrected chi connectivity index (χ2v) is 4.40. The molecule has 0 spiro atoms. The van der Waals surface area contributed by atoms with Gasteiger partial charge in [-0.25, -0.2) is 9.97 Å². The van der Waals surface area contributed by atoms with Crippen molar-refractivity contribution in [2.24, 2.45) is 0 Å². The highest BCUT2D eigenvalue weighted by molar-refractivity contribution is 6.02. The minimum absolute atomic E-state index is 0.165. The van der Waals surface area contributed by atoms with Crippen molar-refractivity contribution in [2.45, 2.75) is 6.92 Å². The fraction of sp³-hybridized carbons (Fsp3) is 0.0667. The number of carbonyl (C=O) groups excluding carboxylic acids is 1. The van der Waals surface area contributed by atoms with Gasteiger partial charge >= 0.3 is 0 Å². The number of amides is 1. The van der Waals surface area contributed by atoms with E-state index in [4.69, 9.17) is 4.52 Å². The second kappa shape index (κ2) is 5.54. The Morgan fingerprint density at radius 2 is 2.10 bits per heavy atom. The van der Waals surface area contributed by atoms with E-state index in [1.54, 1.807) is 12.3 Å². The number of carbonyl (C=O) groups is 1. The molecule has 6 heteroatoms. The third-order valence-corrected chi connectivity index (χ3v) is 2.85. The van der Waals surface area contributed by atoms with Crippen molar-refractivity contribution in [3.63, 3.8) is 0 Å². The molecule has 2 heterocycles. The van der Waals surface area contributed by atoms with Crippen LogP contribution in [0.5, 0.6) is 0 Å². The standard InChI is InChI=1S/C15H12N4O2/c1-10-16-7-5-13(18-10)11-3-2-4-12(9-11)19-15(20)14-6-8-17-21-14/h2-9H,1H3,(H,19,20). The monoisotopic (exact) mass is 280 g/mol. The van der Waals surface area contributed by atoms with Crippen LogP contribution in [0.25, 0.3) is 11.3 Å². The first-order valence-electron chi connectivity index (χ1n) is 6.34. The van der Waals surface area contributed by atoms with Crippen LogP contribution < -0.4 is 5.32 Å². The van der Waals surface area contributed by atoms with E-state index in [2.05, 4.69) is 20.4 Å². The van der Waals surface area contributed by atoms with Gasteiger partial charge in [0.05, 0.1) is 11.9 Å². The third kappa shape index (κ3) is 2.94. The summed E-state index contributed by atoms with van der Waals surface area (Å²) in [5, 5.41) is 6.26. The first-order chi connectivity index (χ1) is 10.2. The lowest BCUT2D eigenvalue weighted by atomic mass is 10.1. The van der Waals surface area contributed by atoms with Gasteiger partial charge in [0.1, 0.15) is 5.82 Å². The number of nitrogens with zero attached hydrogens (tertiary/aromatic N) is 3. The molecule has 0 saturated heterocycles. The van der Waals surface area contributed by atoms with Gasteiger partial charge in [-0.2, -0.15) is 0 Å². The van der Waals surface area contributed by atoms with Crippen LogP contribution in [0.15, 0.2) is 53.3 Å². The Morgan fingerprint density at radius 3 is 2.86 bits per heavy atom. The van der Waals surface area contributed by atoms with Crippen LogP contribution in [0.1, 0.15) is 16.4 Å². The normalized spacial score (nSPS) is 10.3. The van der Waals surface area contributed by atoms with Crippen LogP contribution in [-0.2, 0) is 0 Å². The third-order valence-electron chi connectivity index (χ3n) is 2.85. The van der Waals surface area contributed by atoms with Gasteiger partial charge < -0.3 is 9.84 Å². The molecule has 3 rings (SSSR count). The Bertz CT molecular complexity index is 769. The molecule has 1 N–H and O–H groups in total. The Morgan fingerprint density at radius 1 is 1.19 bits per heavy atom. The van der Waals surface area contributed by atoms with Gasteiger partial charge in [-0.3, -0.25) is 4.79 Å². The van der Waals surface area contributed by atoms with Crippen LogP contribution in [0, 0.1) is 6.92 Å². The van der Waals surface area contributed by atoms with E-state index in [1.807, 2.05) is 31.2 Å². The average Bonchev–Trinajstić information content (AvgIpc) is 3.02. The topological polar surface area (TPSA) is 80.9 Å². The number of hydrogen-bond donors (Lipinski definition) is 1. The Labute approximate surface area is 120 Å². The van der Waals surface area contributed by atoms with Gasteiger partial charge in [0.2, 0.25) is 5.76 Å². The maximum atomic E-state index is 11.9. The van der Waals surface area contributed by atoms with E-state index >= 15 is 0 Å². The SMILES string of the molecule is Cc1nccc(-c2cccc(NC(=O)c3ccno3)c2)n1. The molecule has 21 heavy (non-hydrogen) atoms. The van der Waals surface area contributed by atoms with Gasteiger partial charge in [-0.1, -0.05) is 17.3 Å². The molecule has 0 fully saturated rings. The molecule has 0 bridgehead atoms. The molecule has 1 amide bonds. The van der Waals surface area contributed by atoms with Crippen LogP contribution in [-0.4, -0.2) is 21.0 Å². The van der Waals surface area contributed by atoms with Crippen molar-refractivity contribution in [1.82, 2.24) is 15.1 Å². The van der Waals surface area contributed by atoms with Crippen molar-refractivity contribution in [3.8, 4) is 11.3 Å². The summed E-state index contributed by atoms with van der Waals surface area (Å²) in [5.41, 5.74) is 2.36. The van der Waals surface area contributed by atoms with Crippen molar-refractivity contribution in [2.75, 3.05) is 5.32 Å². The summed E-state index contributed by atoms with van der Waals surface area (Å²) in [6.45, 7) is 1.83. The number of benzene rings is 1. The fourth-order valence-electron chi connectivity index (χ4n) is 1.90. The highest BCUT2D eigenvalue weighted by Gasteiger charge is 2.10. The average molecular weight is 280 g/mol. The first kappa shape index (κ1) is 13.0. The number of nitrogens with one attached hydrogen (secondary N) is 1. The van der Waals surface area contributed by atoms with E-state index in [1.165, 1.54) is 12.3 Å². The minimum Gasteiger partial charge on any atom is -0.351 e. The molecular formula is C15H12N4O2. The van der Waals surface area contributed by atoms with Crippen LogP contribution in [0.4, 0.5) is 5.69 Å². The smallest absolute Gasteiger partial charge is 0.294 e. The van der Waals surface area contributed by atoms with Crippen LogP contribution in [0.3, 0.4) is 0 Å². The lowest BCUT2D eigenvalue weighted by Gasteiger charge is -2.06. The molecule has 104 valence electrons. The van der Waals surface area contributed by atoms with E-state index in [0.29, 0.717) is 11.5 Å². The molecule has 0 aliphatic carbocycles. The van der Waals surface area contributed by atoms with Gasteiger partial charge in [0.25, 0.3) is 5.91 Å². The number of rotatable bonds is 3. The molecule has 0 atom stereocenters. The lowest BCUT2D eigenvalue weighted by molar-refractivity contribution is 0.0988. The Hall–Kier alpha value is -3.02. The predicted octanol–water partition coefficient (Wildman–Crippen LogP) is 2.69. The lowest BCUT2D eigenvalue weighted by Crippen LogP contribution is -2.10. The fourth-order valence-corrected chi connectivity index (χ4v) is 1.90. The summed E-state index contributed by atoms with van der Waals surface area (Å²) in [5.74, 6) is 0.519. The quantitative estimate of drug-likeness (QED) is 0.797. The van der Waals surface area contributed by atoms with Crippen LogP contribution in [0.2, 0.25) is 0 Å². The molecule has 0 saturated carbocycles. The zero-order valence-electron chi connectivity index (χ0n) is 11.3. The van der Waals surface area contributed by atoms with Gasteiger partial charge in [-0.05, 0) is 25.1 Å². The van der Waals surface area contributed by atoms with Gasteiger partial charge in [-0.15, -0.1) is 0 Å². The molecule has 2 aromatic heterocycles. The van der Waals surface area contributed by atoms with E-state index in [0.717, 1.165) is 11.3 Å². The molecule has 6 nitrogen and oxygen atoms in total. The highest BCUT2D eigenvalue weighted by Crippen LogP contribution is 2.21. The van der Waals surface area contributed by atoms with Crippen molar-refractivity contribution >= 4 is 11.6 Å². The van der Waals surface area contributed by atoms with E-state index in [9.17, 15) is 4.79 Å². The number of hydrogen-bond acceptors (Lipinski definition) is 5. The summed E-state index contributed by atoms with van der Waals surface area (Å²) in [6, 6.07) is 10.7. The Balaban J connectivity index is 1.85. The molecule has 1 aromatic carbocycles. The summed E-state index contributed by atoms with van der Waals surface area (Å²) in [7, 11) is 0. The zero-order valence-corrected chi connectivity index (χ0v) is 11.3. The Kier molecular flexibility index (Phi) is 3.42. The van der Waals surface area contributed by atoms with Crippen LogP contribution >= 0.6 is 0 Å². The molecule has 0 unspecified atom stereocenters. The zero-order chi connectivity index (χ0) is 14.7. The predicted molar refractivity (Wildman–Crippen MR) is 76.7 cm³/mol. The maximum Gasteiger partial charge on any atom is 0.294 e. The minimum atomic E-state index is -0.344. The number of aryl methyl sites for hydroxylation is 1. The van der Waals surface area contributed by atoms with E-state index in [-0.39, 0.29) is 11.7 Å². The molecular weight excluding hydrogens is 268 g/mol. The molecule has 0 aliphatic rings. The van der Waals surface area contributed by atoms with Gasteiger partial charge in [0.15, 0.2) is 0 Å². The molecule has 0 aliphatic heterocycles. The molecule has 3 aromatic rings.